The summed E-state index contributed by atoms with van der Waals surface area (Å²) < 4.78 is 10.8. The first-order valence-electron chi connectivity index (χ1n) is 9.67. The molecule has 5 heteroatoms. The fraction of sp³-hybridized carbons (Fsp3) is 0.292. The quantitative estimate of drug-likeness (QED) is 0.508. The van der Waals surface area contributed by atoms with Crippen LogP contribution in [0.5, 0.6) is 5.75 Å². The van der Waals surface area contributed by atoms with Crippen LogP contribution in [0, 0.1) is 0 Å². The molecule has 0 bridgehead atoms. The van der Waals surface area contributed by atoms with E-state index in [1.54, 1.807) is 13.4 Å². The zero-order chi connectivity index (χ0) is 20.9. The summed E-state index contributed by atoms with van der Waals surface area (Å²) in [4.78, 5) is 2.10. The Morgan fingerprint density at radius 1 is 1.00 bits per heavy atom. The number of hydrogen-bond donors (Lipinski definition) is 1. The number of ether oxygens (including phenoxy) is 1. The Labute approximate surface area is 178 Å². The third-order valence-corrected chi connectivity index (χ3v) is 5.11. The van der Waals surface area contributed by atoms with Crippen LogP contribution in [-0.4, -0.2) is 17.1 Å². The van der Waals surface area contributed by atoms with Crippen molar-refractivity contribution < 1.29 is 9.15 Å². The zero-order valence-corrected chi connectivity index (χ0v) is 18.3. The fourth-order valence-corrected chi connectivity index (χ4v) is 3.24. The summed E-state index contributed by atoms with van der Waals surface area (Å²) in [6.45, 7) is 7.94. The molecule has 1 heterocycles. The highest BCUT2D eigenvalue weighted by Crippen LogP contribution is 2.23. The lowest BCUT2D eigenvalue weighted by Crippen LogP contribution is -2.33. The lowest BCUT2D eigenvalue weighted by molar-refractivity contribution is 0.360. The minimum Gasteiger partial charge on any atom is -0.497 e. The van der Waals surface area contributed by atoms with Gasteiger partial charge in [-0.3, -0.25) is 0 Å². The summed E-state index contributed by atoms with van der Waals surface area (Å²) in [7, 11) is 1.66. The minimum absolute atomic E-state index is 0.137. The lowest BCUT2D eigenvalue weighted by Gasteiger charge is -2.26. The molecule has 1 N–H and O–H groups in total. The van der Waals surface area contributed by atoms with Gasteiger partial charge >= 0.3 is 0 Å². The van der Waals surface area contributed by atoms with Crippen molar-refractivity contribution in [3.05, 3.63) is 83.8 Å². The van der Waals surface area contributed by atoms with Crippen molar-refractivity contribution >= 4 is 23.0 Å². The second kappa shape index (κ2) is 9.14. The maximum absolute atomic E-state index is 5.72. The summed E-state index contributed by atoms with van der Waals surface area (Å²) in [6.07, 6.45) is 1.69. The molecule has 0 fully saturated rings. The van der Waals surface area contributed by atoms with Gasteiger partial charge in [0.15, 0.2) is 5.11 Å². The number of nitrogens with zero attached hydrogens (tertiary/aromatic N) is 1. The predicted octanol–water partition coefficient (Wildman–Crippen LogP) is 5.98. The van der Waals surface area contributed by atoms with E-state index < -0.39 is 0 Å². The van der Waals surface area contributed by atoms with Crippen LogP contribution in [0.1, 0.15) is 37.7 Å². The smallest absolute Gasteiger partial charge is 0.174 e. The van der Waals surface area contributed by atoms with Crippen molar-refractivity contribution in [2.45, 2.75) is 39.3 Å². The van der Waals surface area contributed by atoms with Crippen molar-refractivity contribution in [2.24, 2.45) is 0 Å². The third kappa shape index (κ3) is 5.84. The van der Waals surface area contributed by atoms with Gasteiger partial charge < -0.3 is 19.4 Å². The van der Waals surface area contributed by atoms with E-state index in [-0.39, 0.29) is 5.41 Å². The monoisotopic (exact) mass is 408 g/mol. The Morgan fingerprint density at radius 2 is 1.69 bits per heavy atom. The van der Waals surface area contributed by atoms with Crippen molar-refractivity contribution in [3.8, 4) is 5.75 Å². The molecule has 0 amide bonds. The van der Waals surface area contributed by atoms with Gasteiger partial charge in [-0.2, -0.15) is 0 Å². The Balaban J connectivity index is 1.75. The summed E-state index contributed by atoms with van der Waals surface area (Å²) in [5, 5.41) is 3.97. The molecular weight excluding hydrogens is 380 g/mol. The molecule has 0 aliphatic heterocycles. The largest absolute Gasteiger partial charge is 0.497 e. The van der Waals surface area contributed by atoms with E-state index in [4.69, 9.17) is 21.4 Å². The number of rotatable bonds is 6. The van der Waals surface area contributed by atoms with Crippen LogP contribution in [0.15, 0.2) is 71.3 Å². The molecule has 4 nitrogen and oxygen atoms in total. The van der Waals surface area contributed by atoms with Gasteiger partial charge in [0.05, 0.1) is 19.9 Å². The summed E-state index contributed by atoms with van der Waals surface area (Å²) in [5.41, 5.74) is 3.57. The van der Waals surface area contributed by atoms with E-state index in [0.717, 1.165) is 17.2 Å². The molecule has 0 unspecified atom stereocenters. The van der Waals surface area contributed by atoms with E-state index in [9.17, 15) is 0 Å². The topological polar surface area (TPSA) is 37.6 Å². The number of nitrogens with one attached hydrogen (secondary N) is 1. The zero-order valence-electron chi connectivity index (χ0n) is 17.4. The highest BCUT2D eigenvalue weighted by molar-refractivity contribution is 7.80. The van der Waals surface area contributed by atoms with Crippen LogP contribution in [-0.2, 0) is 18.5 Å². The van der Waals surface area contributed by atoms with Gasteiger partial charge in [0.2, 0.25) is 0 Å². The molecule has 3 aromatic rings. The van der Waals surface area contributed by atoms with Gasteiger partial charge in [-0.1, -0.05) is 45.0 Å². The van der Waals surface area contributed by atoms with E-state index in [0.29, 0.717) is 18.2 Å². The molecule has 3 rings (SSSR count). The number of furan rings is 1. The SMILES string of the molecule is COc1ccc(NC(=S)N(Cc2ccc(C(C)(C)C)cc2)Cc2ccco2)cc1. The van der Waals surface area contributed by atoms with Crippen molar-refractivity contribution in [1.29, 1.82) is 0 Å². The first-order chi connectivity index (χ1) is 13.8. The first kappa shape index (κ1) is 20.9. The standard InChI is InChI=1S/C24H28N2O2S/c1-24(2,3)19-9-7-18(8-10-19)16-26(17-22-6-5-15-28-22)23(29)25-20-11-13-21(27-4)14-12-20/h5-15H,16-17H2,1-4H3,(H,25,29). The molecular formula is C24H28N2O2S. The van der Waals surface area contributed by atoms with Gasteiger partial charge in [0.25, 0.3) is 0 Å². The Kier molecular flexibility index (Phi) is 6.60. The molecule has 1 aromatic heterocycles. The second-order valence-electron chi connectivity index (χ2n) is 8.04. The highest BCUT2D eigenvalue weighted by atomic mass is 32.1. The van der Waals surface area contributed by atoms with Crippen molar-refractivity contribution in [2.75, 3.05) is 12.4 Å². The Hall–Kier alpha value is -2.79. The predicted molar refractivity (Wildman–Crippen MR) is 122 cm³/mol. The van der Waals surface area contributed by atoms with Gasteiger partial charge in [-0.05, 0) is 65.2 Å². The van der Waals surface area contributed by atoms with Crippen LogP contribution in [0.2, 0.25) is 0 Å². The average Bonchev–Trinajstić information content (AvgIpc) is 3.21. The highest BCUT2D eigenvalue weighted by Gasteiger charge is 2.16. The molecule has 0 aliphatic carbocycles. The number of anilines is 1. The van der Waals surface area contributed by atoms with Gasteiger partial charge in [-0.15, -0.1) is 0 Å². The second-order valence-corrected chi connectivity index (χ2v) is 8.43. The van der Waals surface area contributed by atoms with E-state index in [2.05, 4.69) is 55.3 Å². The molecule has 0 spiro atoms. The molecule has 2 aromatic carbocycles. The van der Waals surface area contributed by atoms with Crippen LogP contribution in [0.25, 0.3) is 0 Å². The summed E-state index contributed by atoms with van der Waals surface area (Å²) >= 11 is 5.72. The maximum Gasteiger partial charge on any atom is 0.174 e. The normalized spacial score (nSPS) is 11.2. The van der Waals surface area contributed by atoms with Crippen LogP contribution < -0.4 is 10.1 Å². The average molecular weight is 409 g/mol. The maximum atomic E-state index is 5.72. The van der Waals surface area contributed by atoms with Crippen molar-refractivity contribution in [1.82, 2.24) is 4.90 Å². The fourth-order valence-electron chi connectivity index (χ4n) is 3.00. The number of hydrogen-bond acceptors (Lipinski definition) is 3. The summed E-state index contributed by atoms with van der Waals surface area (Å²) in [6, 6.07) is 20.3. The molecule has 0 saturated heterocycles. The summed E-state index contributed by atoms with van der Waals surface area (Å²) in [5.74, 6) is 1.68. The third-order valence-electron chi connectivity index (χ3n) is 4.75. The lowest BCUT2D eigenvalue weighted by atomic mass is 9.87. The molecule has 0 atom stereocenters. The number of methoxy groups -OCH3 is 1. The van der Waals surface area contributed by atoms with Gasteiger partial charge in [0, 0.05) is 12.2 Å². The van der Waals surface area contributed by atoms with E-state index in [1.165, 1.54) is 11.1 Å². The first-order valence-corrected chi connectivity index (χ1v) is 10.1. The van der Waals surface area contributed by atoms with Gasteiger partial charge in [-0.25, -0.2) is 0 Å². The number of thiocarbonyl (C=S) groups is 1. The van der Waals surface area contributed by atoms with Gasteiger partial charge in [0.1, 0.15) is 11.5 Å². The van der Waals surface area contributed by atoms with E-state index >= 15 is 0 Å². The number of benzene rings is 2. The molecule has 152 valence electrons. The Bertz CT molecular complexity index is 911. The van der Waals surface area contributed by atoms with Crippen molar-refractivity contribution in [3.63, 3.8) is 0 Å². The Morgan fingerprint density at radius 3 is 2.24 bits per heavy atom. The van der Waals surface area contributed by atoms with Crippen LogP contribution in [0.3, 0.4) is 0 Å². The molecule has 29 heavy (non-hydrogen) atoms. The molecule has 0 aliphatic rings. The van der Waals surface area contributed by atoms with Crippen LogP contribution >= 0.6 is 12.2 Å². The van der Waals surface area contributed by atoms with E-state index in [1.807, 2.05) is 36.4 Å². The minimum atomic E-state index is 0.137. The molecule has 0 saturated carbocycles. The van der Waals surface area contributed by atoms with Crippen LogP contribution in [0.4, 0.5) is 5.69 Å². The molecule has 0 radical (unpaired) electrons.